The van der Waals surface area contributed by atoms with Crippen molar-refractivity contribution < 1.29 is 14.7 Å². The first kappa shape index (κ1) is 19.5. The molecule has 1 aromatic carbocycles. The number of nitrogens with two attached hydrogens (primary N) is 1. The lowest BCUT2D eigenvalue weighted by Crippen LogP contribution is -2.34. The lowest BCUT2D eigenvalue weighted by molar-refractivity contribution is 0.0779. The third-order valence-electron chi connectivity index (χ3n) is 6.14. The molecule has 2 heterocycles. The Morgan fingerprint density at radius 2 is 1.97 bits per heavy atom. The molecule has 0 radical (unpaired) electrons. The molecule has 0 spiro atoms. The zero-order chi connectivity index (χ0) is 20.7. The highest BCUT2D eigenvalue weighted by atomic mass is 16.3. The number of fused-ring (bicyclic) bond motifs is 1. The monoisotopic (exact) mass is 396 g/mol. The molecule has 4 rings (SSSR count). The molecule has 1 aliphatic heterocycles. The zero-order valence-corrected chi connectivity index (χ0v) is 16.9. The van der Waals surface area contributed by atoms with Gasteiger partial charge in [0.05, 0.1) is 17.2 Å². The number of carbonyl (C=O) groups excluding carboxylic acids is 2. The number of hydrogen-bond acceptors (Lipinski definition) is 4. The number of anilines is 1. The molecule has 2 aromatic rings. The molecule has 0 unspecified atom stereocenters. The van der Waals surface area contributed by atoms with Crippen molar-refractivity contribution in [2.75, 3.05) is 18.9 Å². The summed E-state index contributed by atoms with van der Waals surface area (Å²) in [6.45, 7) is 2.64. The molecule has 2 amide bonds. The minimum absolute atomic E-state index is 0.0513. The fourth-order valence-electron chi connectivity index (χ4n) is 4.47. The van der Waals surface area contributed by atoms with Crippen LogP contribution in [0.1, 0.15) is 57.7 Å². The van der Waals surface area contributed by atoms with E-state index < -0.39 is 5.91 Å². The second-order valence-electron chi connectivity index (χ2n) is 8.22. The van der Waals surface area contributed by atoms with E-state index in [4.69, 9.17) is 5.73 Å². The molecule has 29 heavy (non-hydrogen) atoms. The van der Waals surface area contributed by atoms with Crippen LogP contribution < -0.4 is 11.1 Å². The maximum absolute atomic E-state index is 12.6. The van der Waals surface area contributed by atoms with Gasteiger partial charge >= 0.3 is 0 Å². The summed E-state index contributed by atoms with van der Waals surface area (Å²) in [6, 6.07) is 5.75. The van der Waals surface area contributed by atoms with Crippen LogP contribution in [0.2, 0.25) is 0 Å². The van der Waals surface area contributed by atoms with E-state index in [0.29, 0.717) is 17.8 Å². The van der Waals surface area contributed by atoms with Crippen LogP contribution in [0.3, 0.4) is 0 Å². The lowest BCUT2D eigenvalue weighted by Gasteiger charge is -2.28. The maximum Gasteiger partial charge on any atom is 0.255 e. The average Bonchev–Trinajstić information content (AvgIpc) is 3.03. The highest BCUT2D eigenvalue weighted by Crippen LogP contribution is 2.30. The molecule has 0 bridgehead atoms. The maximum atomic E-state index is 12.6. The predicted octanol–water partition coefficient (Wildman–Crippen LogP) is 2.23. The highest BCUT2D eigenvalue weighted by molar-refractivity contribution is 5.99. The Hall–Kier alpha value is -2.80. The van der Waals surface area contributed by atoms with Crippen LogP contribution in [0.15, 0.2) is 24.4 Å². The zero-order valence-electron chi connectivity index (χ0n) is 16.9. The molecular formula is C22H28N4O3. The number of amides is 2. The summed E-state index contributed by atoms with van der Waals surface area (Å²) < 4.78 is 2.05. The number of benzene rings is 1. The van der Waals surface area contributed by atoms with Crippen molar-refractivity contribution in [3.05, 3.63) is 46.8 Å². The van der Waals surface area contributed by atoms with Crippen LogP contribution in [0.5, 0.6) is 0 Å². The molecule has 0 atom stereocenters. The lowest BCUT2D eigenvalue weighted by atomic mass is 9.92. The summed E-state index contributed by atoms with van der Waals surface area (Å²) in [5, 5.41) is 13.2. The largest absolute Gasteiger partial charge is 0.393 e. The van der Waals surface area contributed by atoms with Crippen molar-refractivity contribution in [1.82, 2.24) is 9.47 Å². The summed E-state index contributed by atoms with van der Waals surface area (Å²) in [5.41, 5.74) is 10.4. The Morgan fingerprint density at radius 1 is 1.24 bits per heavy atom. The van der Waals surface area contributed by atoms with E-state index in [2.05, 4.69) is 9.88 Å². The number of aliphatic hydroxyl groups excluding tert-OH is 1. The van der Waals surface area contributed by atoms with Gasteiger partial charge in [-0.3, -0.25) is 9.59 Å². The van der Waals surface area contributed by atoms with Crippen LogP contribution >= 0.6 is 0 Å². The van der Waals surface area contributed by atoms with Crippen molar-refractivity contribution in [3.8, 4) is 5.69 Å². The molecule has 7 nitrogen and oxygen atoms in total. The van der Waals surface area contributed by atoms with E-state index in [-0.39, 0.29) is 18.1 Å². The normalized spacial score (nSPS) is 21.8. The third-order valence-corrected chi connectivity index (χ3v) is 6.14. The minimum atomic E-state index is -0.475. The first-order chi connectivity index (χ1) is 13.8. The quantitative estimate of drug-likeness (QED) is 0.738. The van der Waals surface area contributed by atoms with Gasteiger partial charge in [0.15, 0.2) is 0 Å². The molecule has 2 aliphatic rings. The summed E-state index contributed by atoms with van der Waals surface area (Å²) in [5.74, 6) is -0.423. The first-order valence-electron chi connectivity index (χ1n) is 10.2. The Kier molecular flexibility index (Phi) is 5.08. The fraction of sp³-hybridized carbons (Fsp3) is 0.455. The van der Waals surface area contributed by atoms with E-state index in [9.17, 15) is 14.7 Å². The van der Waals surface area contributed by atoms with E-state index in [1.54, 1.807) is 11.0 Å². The summed E-state index contributed by atoms with van der Waals surface area (Å²) in [4.78, 5) is 26.3. The van der Waals surface area contributed by atoms with Crippen LogP contribution in [0.4, 0.5) is 5.69 Å². The number of rotatable bonds is 4. The van der Waals surface area contributed by atoms with Crippen LogP contribution in [-0.4, -0.2) is 52.1 Å². The number of nitrogens with one attached hydrogen (secondary N) is 1. The molecule has 4 N–H and O–H groups in total. The number of nitrogens with zero attached hydrogens (tertiary/aromatic N) is 2. The summed E-state index contributed by atoms with van der Waals surface area (Å²) >= 11 is 0. The topological polar surface area (TPSA) is 101 Å². The molecule has 0 saturated heterocycles. The van der Waals surface area contributed by atoms with Crippen molar-refractivity contribution in [3.63, 3.8) is 0 Å². The Balaban J connectivity index is 1.71. The smallest absolute Gasteiger partial charge is 0.255 e. The number of carbonyl (C=O) groups is 2. The van der Waals surface area contributed by atoms with Crippen molar-refractivity contribution >= 4 is 17.5 Å². The fourth-order valence-corrected chi connectivity index (χ4v) is 4.47. The van der Waals surface area contributed by atoms with Crippen molar-refractivity contribution in [1.29, 1.82) is 0 Å². The van der Waals surface area contributed by atoms with Crippen LogP contribution in [0.25, 0.3) is 5.69 Å². The van der Waals surface area contributed by atoms with Gasteiger partial charge in [0, 0.05) is 49.3 Å². The second kappa shape index (κ2) is 7.55. The third kappa shape index (κ3) is 3.62. The van der Waals surface area contributed by atoms with Crippen molar-refractivity contribution in [2.24, 2.45) is 5.73 Å². The van der Waals surface area contributed by atoms with Crippen molar-refractivity contribution in [2.45, 2.75) is 51.2 Å². The standard InChI is InChI=1S/C22H28N4O3/c1-13-12-26(19-9-10-25(2)22(29)20(13)19)15-5-8-17(21(23)28)18(11-15)24-14-3-6-16(27)7-4-14/h5,8,11-12,14,16,24,27H,3-4,6-7,9-10H2,1-2H3,(H2,23,28). The van der Waals surface area contributed by atoms with Gasteiger partial charge in [0.1, 0.15) is 0 Å². The molecule has 7 heteroatoms. The van der Waals surface area contributed by atoms with Gasteiger partial charge in [-0.1, -0.05) is 0 Å². The van der Waals surface area contributed by atoms with E-state index >= 15 is 0 Å². The first-order valence-corrected chi connectivity index (χ1v) is 10.2. The number of aryl methyl sites for hydroxylation is 1. The highest BCUT2D eigenvalue weighted by Gasteiger charge is 2.28. The average molecular weight is 396 g/mol. The van der Waals surface area contributed by atoms with Gasteiger partial charge < -0.3 is 25.6 Å². The molecule has 1 fully saturated rings. The van der Waals surface area contributed by atoms with E-state index in [1.807, 2.05) is 32.3 Å². The molecular weight excluding hydrogens is 368 g/mol. The molecule has 1 aliphatic carbocycles. The van der Waals surface area contributed by atoms with E-state index in [1.165, 1.54) is 0 Å². The number of likely N-dealkylation sites (N-methyl/N-ethyl adjacent to an activating group) is 1. The number of primary amides is 1. The molecule has 1 aromatic heterocycles. The molecule has 154 valence electrons. The number of aromatic nitrogens is 1. The number of aliphatic hydroxyl groups is 1. The van der Waals surface area contributed by atoms with Gasteiger partial charge in [-0.25, -0.2) is 0 Å². The van der Waals surface area contributed by atoms with E-state index in [0.717, 1.165) is 54.6 Å². The summed E-state index contributed by atoms with van der Waals surface area (Å²) in [6.07, 6.45) is 5.74. The SMILES string of the molecule is Cc1cn(-c2ccc(C(N)=O)c(NC3CCC(O)CC3)c2)c2c1C(=O)N(C)CC2. The predicted molar refractivity (Wildman–Crippen MR) is 112 cm³/mol. The Bertz CT molecular complexity index is 957. The van der Waals surface area contributed by atoms with Crippen LogP contribution in [-0.2, 0) is 6.42 Å². The van der Waals surface area contributed by atoms with Gasteiger partial charge in [-0.2, -0.15) is 0 Å². The Labute approximate surface area is 170 Å². The van der Waals surface area contributed by atoms with Crippen LogP contribution in [0, 0.1) is 6.92 Å². The minimum Gasteiger partial charge on any atom is -0.393 e. The second-order valence-corrected chi connectivity index (χ2v) is 8.22. The van der Waals surface area contributed by atoms with Gasteiger partial charge in [-0.05, 0) is 56.4 Å². The molecule has 1 saturated carbocycles. The van der Waals surface area contributed by atoms with Gasteiger partial charge in [0.2, 0.25) is 0 Å². The number of hydrogen-bond donors (Lipinski definition) is 3. The summed E-state index contributed by atoms with van der Waals surface area (Å²) in [7, 11) is 1.83. The Morgan fingerprint density at radius 3 is 2.66 bits per heavy atom. The van der Waals surface area contributed by atoms with Gasteiger partial charge in [0.25, 0.3) is 11.8 Å². The van der Waals surface area contributed by atoms with Gasteiger partial charge in [-0.15, -0.1) is 0 Å².